The summed E-state index contributed by atoms with van der Waals surface area (Å²) in [6.45, 7) is 8.83. The highest BCUT2D eigenvalue weighted by molar-refractivity contribution is 6.09. The molecule has 1 aliphatic heterocycles. The van der Waals surface area contributed by atoms with Crippen LogP contribution in [0.25, 0.3) is 16.6 Å². The average molecular weight is 421 g/mol. The third-order valence-corrected chi connectivity index (χ3v) is 6.33. The van der Waals surface area contributed by atoms with E-state index in [9.17, 15) is 9.90 Å². The van der Waals surface area contributed by atoms with E-state index in [1.54, 1.807) is 6.92 Å². The number of hydrogen-bond acceptors (Lipinski definition) is 4. The first kappa shape index (κ1) is 21.6. The van der Waals surface area contributed by atoms with Crippen molar-refractivity contribution in [2.45, 2.75) is 39.7 Å². The van der Waals surface area contributed by atoms with Crippen LogP contribution in [-0.2, 0) is 0 Å². The van der Waals surface area contributed by atoms with E-state index in [-0.39, 0.29) is 12.4 Å². The molecule has 1 aliphatic rings. The summed E-state index contributed by atoms with van der Waals surface area (Å²) in [5.41, 5.74) is 3.64. The summed E-state index contributed by atoms with van der Waals surface area (Å²) in [7, 11) is 0. The molecule has 31 heavy (non-hydrogen) atoms. The van der Waals surface area contributed by atoms with Crippen LogP contribution in [0.3, 0.4) is 0 Å². The monoisotopic (exact) mass is 420 g/mol. The van der Waals surface area contributed by atoms with Gasteiger partial charge in [-0.15, -0.1) is 0 Å². The Morgan fingerprint density at radius 3 is 2.55 bits per heavy atom. The lowest BCUT2D eigenvalue weighted by molar-refractivity contribution is 0.0563. The summed E-state index contributed by atoms with van der Waals surface area (Å²) in [6.07, 6.45) is 1.85. The highest BCUT2D eigenvalue weighted by atomic mass is 16.5. The molecule has 0 spiro atoms. The van der Waals surface area contributed by atoms with Gasteiger partial charge in [0.25, 0.3) is 0 Å². The van der Waals surface area contributed by atoms with E-state index in [1.807, 2.05) is 55.5 Å². The quantitative estimate of drug-likeness (QED) is 0.567. The second-order valence-electron chi connectivity index (χ2n) is 8.81. The average Bonchev–Trinajstić information content (AvgIpc) is 3.05. The van der Waals surface area contributed by atoms with Gasteiger partial charge in [0.15, 0.2) is 5.78 Å². The van der Waals surface area contributed by atoms with Crippen molar-refractivity contribution in [3.05, 3.63) is 59.8 Å². The number of benzene rings is 2. The van der Waals surface area contributed by atoms with Gasteiger partial charge < -0.3 is 19.3 Å². The van der Waals surface area contributed by atoms with Crippen LogP contribution in [0.1, 0.15) is 42.7 Å². The SMILES string of the molecule is CC(=O)c1c(C)n(-c2ccccc2)c2ccc(OC[C@@H](O)CN3CCC(C)CC3)cc12. The zero-order valence-electron chi connectivity index (χ0n) is 18.7. The first-order valence-electron chi connectivity index (χ1n) is 11.2. The van der Waals surface area contributed by atoms with Gasteiger partial charge in [0.1, 0.15) is 18.5 Å². The zero-order chi connectivity index (χ0) is 22.0. The Kier molecular flexibility index (Phi) is 6.44. The summed E-state index contributed by atoms with van der Waals surface area (Å²) >= 11 is 0. The number of likely N-dealkylation sites (tertiary alicyclic amines) is 1. The highest BCUT2D eigenvalue weighted by Crippen LogP contribution is 2.32. The maximum atomic E-state index is 12.4. The highest BCUT2D eigenvalue weighted by Gasteiger charge is 2.20. The number of hydrogen-bond donors (Lipinski definition) is 1. The van der Waals surface area contributed by atoms with Gasteiger partial charge in [-0.1, -0.05) is 25.1 Å². The molecule has 1 saturated heterocycles. The summed E-state index contributed by atoms with van der Waals surface area (Å²) in [4.78, 5) is 14.8. The van der Waals surface area contributed by atoms with Crippen molar-refractivity contribution in [3.63, 3.8) is 0 Å². The second-order valence-corrected chi connectivity index (χ2v) is 8.81. The fourth-order valence-corrected chi connectivity index (χ4v) is 4.63. The van der Waals surface area contributed by atoms with Crippen LogP contribution in [-0.4, -0.2) is 52.7 Å². The smallest absolute Gasteiger partial charge is 0.162 e. The van der Waals surface area contributed by atoms with Crippen molar-refractivity contribution in [3.8, 4) is 11.4 Å². The fourth-order valence-electron chi connectivity index (χ4n) is 4.63. The van der Waals surface area contributed by atoms with E-state index in [4.69, 9.17) is 4.74 Å². The van der Waals surface area contributed by atoms with Crippen molar-refractivity contribution in [2.24, 2.45) is 5.92 Å². The van der Waals surface area contributed by atoms with E-state index in [0.29, 0.717) is 17.9 Å². The van der Waals surface area contributed by atoms with Crippen LogP contribution in [0.4, 0.5) is 0 Å². The van der Waals surface area contributed by atoms with Crippen molar-refractivity contribution in [2.75, 3.05) is 26.2 Å². The van der Waals surface area contributed by atoms with Gasteiger partial charge >= 0.3 is 0 Å². The summed E-state index contributed by atoms with van der Waals surface area (Å²) in [5, 5.41) is 11.3. The number of carbonyl (C=O) groups excluding carboxylic acids is 1. The number of piperidine rings is 1. The number of β-amino-alcohol motifs (C(OH)–C–C–N with tert-alkyl or cyclic N) is 1. The number of aliphatic hydroxyl groups is 1. The van der Waals surface area contributed by atoms with Crippen LogP contribution in [0.5, 0.6) is 5.75 Å². The van der Waals surface area contributed by atoms with Gasteiger partial charge in [0, 0.05) is 28.9 Å². The third-order valence-electron chi connectivity index (χ3n) is 6.33. The molecule has 0 aliphatic carbocycles. The fraction of sp³-hybridized carbons (Fsp3) is 0.423. The minimum absolute atomic E-state index is 0.0358. The lowest BCUT2D eigenvalue weighted by atomic mass is 9.99. The first-order valence-corrected chi connectivity index (χ1v) is 11.2. The van der Waals surface area contributed by atoms with Gasteiger partial charge in [-0.05, 0) is 76.0 Å². The summed E-state index contributed by atoms with van der Waals surface area (Å²) in [6, 6.07) is 15.9. The lowest BCUT2D eigenvalue weighted by Crippen LogP contribution is -2.40. The van der Waals surface area contributed by atoms with Gasteiger partial charge in [-0.3, -0.25) is 4.79 Å². The molecule has 0 bridgehead atoms. The number of ketones is 1. The van der Waals surface area contributed by atoms with Crippen molar-refractivity contribution >= 4 is 16.7 Å². The van der Waals surface area contributed by atoms with Gasteiger partial charge in [-0.25, -0.2) is 0 Å². The molecule has 5 heteroatoms. The molecule has 3 aromatic rings. The molecule has 0 unspecified atom stereocenters. The van der Waals surface area contributed by atoms with Crippen LogP contribution in [0, 0.1) is 12.8 Å². The molecule has 2 heterocycles. The number of Topliss-reactive ketones (excluding diaryl/α,β-unsaturated/α-hetero) is 1. The molecule has 4 rings (SSSR count). The molecule has 1 fully saturated rings. The van der Waals surface area contributed by atoms with Crippen molar-refractivity contribution in [1.82, 2.24) is 9.47 Å². The molecule has 0 saturated carbocycles. The number of carbonyl (C=O) groups is 1. The number of aromatic nitrogens is 1. The Labute approximate surface area is 184 Å². The maximum Gasteiger partial charge on any atom is 0.162 e. The van der Waals surface area contributed by atoms with E-state index in [0.717, 1.165) is 41.3 Å². The van der Waals surface area contributed by atoms with Crippen LogP contribution < -0.4 is 4.74 Å². The van der Waals surface area contributed by atoms with Crippen LogP contribution >= 0.6 is 0 Å². The Morgan fingerprint density at radius 1 is 1.16 bits per heavy atom. The molecule has 2 aromatic carbocycles. The van der Waals surface area contributed by atoms with E-state index in [1.165, 1.54) is 12.8 Å². The number of rotatable bonds is 7. The van der Waals surface area contributed by atoms with Crippen molar-refractivity contribution in [1.29, 1.82) is 0 Å². The van der Waals surface area contributed by atoms with E-state index < -0.39 is 6.10 Å². The Balaban J connectivity index is 1.54. The number of para-hydroxylation sites is 1. The standard InChI is InChI=1S/C26H32N2O3/c1-18-11-13-27(14-12-18)16-22(30)17-31-23-9-10-25-24(15-23)26(20(3)29)19(2)28(25)21-7-5-4-6-8-21/h4-10,15,18,22,30H,11-14,16-17H2,1-3H3/t22-/m0/s1. The summed E-state index contributed by atoms with van der Waals surface area (Å²) in [5.74, 6) is 1.48. The molecule has 5 nitrogen and oxygen atoms in total. The largest absolute Gasteiger partial charge is 0.491 e. The molecule has 0 radical (unpaired) electrons. The molecule has 164 valence electrons. The van der Waals surface area contributed by atoms with Crippen LogP contribution in [0.15, 0.2) is 48.5 Å². The predicted octanol–water partition coefficient (Wildman–Crippen LogP) is 4.61. The normalized spacial score (nSPS) is 16.5. The van der Waals surface area contributed by atoms with E-state index in [2.05, 4.69) is 16.4 Å². The Bertz CT molecular complexity index is 1050. The number of aliphatic hydroxyl groups excluding tert-OH is 1. The minimum atomic E-state index is -0.535. The zero-order valence-corrected chi connectivity index (χ0v) is 18.7. The lowest BCUT2D eigenvalue weighted by Gasteiger charge is -2.31. The molecular weight excluding hydrogens is 388 g/mol. The molecule has 1 atom stereocenters. The Hall–Kier alpha value is -2.63. The van der Waals surface area contributed by atoms with Gasteiger partial charge in [-0.2, -0.15) is 0 Å². The van der Waals surface area contributed by atoms with Crippen molar-refractivity contribution < 1.29 is 14.6 Å². The molecule has 1 N–H and O–H groups in total. The second kappa shape index (κ2) is 9.25. The summed E-state index contributed by atoms with van der Waals surface area (Å²) < 4.78 is 8.04. The first-order chi connectivity index (χ1) is 14.9. The van der Waals surface area contributed by atoms with Crippen LogP contribution in [0.2, 0.25) is 0 Å². The number of nitrogens with zero attached hydrogens (tertiary/aromatic N) is 2. The minimum Gasteiger partial charge on any atom is -0.491 e. The topological polar surface area (TPSA) is 54.7 Å². The predicted molar refractivity (Wildman–Crippen MR) is 124 cm³/mol. The number of ether oxygens (including phenoxy) is 1. The van der Waals surface area contributed by atoms with Gasteiger partial charge in [0.05, 0.1) is 5.52 Å². The molecular formula is C26H32N2O3. The molecule has 0 amide bonds. The Morgan fingerprint density at radius 2 is 1.87 bits per heavy atom. The van der Waals surface area contributed by atoms with Gasteiger partial charge in [0.2, 0.25) is 0 Å². The number of fused-ring (bicyclic) bond motifs is 1. The van der Waals surface area contributed by atoms with E-state index >= 15 is 0 Å². The molecule has 1 aromatic heterocycles. The third kappa shape index (κ3) is 4.68. The maximum absolute atomic E-state index is 12.4.